The van der Waals surface area contributed by atoms with Gasteiger partial charge in [0.25, 0.3) is 0 Å². The first-order valence-electron chi connectivity index (χ1n) is 7.51. The minimum atomic E-state index is -3.41. The molecule has 1 aliphatic carbocycles. The number of rotatable bonds is 8. The van der Waals surface area contributed by atoms with Crippen molar-refractivity contribution in [3.63, 3.8) is 0 Å². The monoisotopic (exact) mass is 374 g/mol. The highest BCUT2D eigenvalue weighted by Crippen LogP contribution is 2.34. The topological polar surface area (TPSA) is 49.4 Å². The van der Waals surface area contributed by atoms with E-state index in [1.807, 2.05) is 19.1 Å². The summed E-state index contributed by atoms with van der Waals surface area (Å²) in [6.07, 6.45) is 3.01. The molecule has 0 aliphatic heterocycles. The van der Waals surface area contributed by atoms with E-state index < -0.39 is 10.0 Å². The van der Waals surface area contributed by atoms with Gasteiger partial charge in [0.05, 0.1) is 4.90 Å². The molecule has 0 spiro atoms. The number of nitrogens with one attached hydrogen (secondary N) is 1. The fraction of sp³-hybridized carbons (Fsp3) is 0.600. The number of halogens is 1. The van der Waals surface area contributed by atoms with E-state index in [1.165, 1.54) is 0 Å². The van der Waals surface area contributed by atoms with Crippen LogP contribution in [0.25, 0.3) is 0 Å². The Morgan fingerprint density at radius 1 is 1.33 bits per heavy atom. The Kier molecular flexibility index (Phi) is 5.82. The van der Waals surface area contributed by atoms with Crippen LogP contribution in [0.4, 0.5) is 0 Å². The van der Waals surface area contributed by atoms with Gasteiger partial charge in [0.2, 0.25) is 10.0 Å². The normalized spacial score (nSPS) is 15.6. The molecule has 0 saturated heterocycles. The van der Waals surface area contributed by atoms with Gasteiger partial charge in [-0.1, -0.05) is 19.9 Å². The van der Waals surface area contributed by atoms with Crippen molar-refractivity contribution in [1.29, 1.82) is 0 Å². The van der Waals surface area contributed by atoms with Gasteiger partial charge in [0.1, 0.15) is 0 Å². The Morgan fingerprint density at radius 2 is 2.05 bits per heavy atom. The lowest BCUT2D eigenvalue weighted by molar-refractivity contribution is 0.420. The van der Waals surface area contributed by atoms with Crippen LogP contribution < -0.4 is 5.32 Å². The van der Waals surface area contributed by atoms with E-state index in [9.17, 15) is 8.42 Å². The third-order valence-electron chi connectivity index (χ3n) is 3.60. The van der Waals surface area contributed by atoms with Crippen LogP contribution in [0.2, 0.25) is 0 Å². The highest BCUT2D eigenvalue weighted by Gasteiger charge is 2.37. The number of hydrogen-bond donors (Lipinski definition) is 1. The van der Waals surface area contributed by atoms with Gasteiger partial charge >= 0.3 is 0 Å². The van der Waals surface area contributed by atoms with Crippen LogP contribution in [0, 0.1) is 0 Å². The van der Waals surface area contributed by atoms with Crippen LogP contribution in [0.1, 0.15) is 38.7 Å². The molecule has 1 N–H and O–H groups in total. The molecule has 0 radical (unpaired) electrons. The molecule has 4 nitrogen and oxygen atoms in total. The lowest BCUT2D eigenvalue weighted by atomic mass is 10.2. The summed E-state index contributed by atoms with van der Waals surface area (Å²) in [5, 5.41) is 3.30. The highest BCUT2D eigenvalue weighted by atomic mass is 79.9. The summed E-state index contributed by atoms with van der Waals surface area (Å²) in [5.74, 6) is 0. The van der Waals surface area contributed by atoms with E-state index in [2.05, 4.69) is 28.2 Å². The highest BCUT2D eigenvalue weighted by molar-refractivity contribution is 9.10. The van der Waals surface area contributed by atoms with Crippen molar-refractivity contribution in [2.75, 3.05) is 13.1 Å². The number of benzene rings is 1. The number of hydrogen-bond acceptors (Lipinski definition) is 3. The standard InChI is InChI=1S/C15H23BrN2O2S/c1-3-9-17-11-12-5-8-14(16)15(10-12)21(19,20)18(4-2)13-6-7-13/h5,8,10,13,17H,3-4,6-7,9,11H2,1-2H3. The van der Waals surface area contributed by atoms with Crippen molar-refractivity contribution in [2.24, 2.45) is 0 Å². The maximum Gasteiger partial charge on any atom is 0.244 e. The molecule has 1 aromatic carbocycles. The molecule has 1 aromatic rings. The molecule has 0 unspecified atom stereocenters. The van der Waals surface area contributed by atoms with E-state index in [0.717, 1.165) is 31.4 Å². The first kappa shape index (κ1) is 16.9. The SMILES string of the molecule is CCCNCc1ccc(Br)c(S(=O)(=O)N(CC)C2CC2)c1. The van der Waals surface area contributed by atoms with Crippen molar-refractivity contribution >= 4 is 26.0 Å². The predicted octanol–water partition coefficient (Wildman–Crippen LogP) is 3.12. The molecular weight excluding hydrogens is 352 g/mol. The smallest absolute Gasteiger partial charge is 0.244 e. The Balaban J connectivity index is 2.26. The van der Waals surface area contributed by atoms with Gasteiger partial charge in [-0.25, -0.2) is 8.42 Å². The maximum absolute atomic E-state index is 12.8. The van der Waals surface area contributed by atoms with Gasteiger partial charge in [0, 0.05) is 23.6 Å². The van der Waals surface area contributed by atoms with Crippen LogP contribution in [-0.4, -0.2) is 31.9 Å². The Labute approximate surface area is 136 Å². The van der Waals surface area contributed by atoms with E-state index in [4.69, 9.17) is 0 Å². The minimum Gasteiger partial charge on any atom is -0.313 e. The van der Waals surface area contributed by atoms with Gasteiger partial charge in [0.15, 0.2) is 0 Å². The maximum atomic E-state index is 12.8. The van der Waals surface area contributed by atoms with E-state index in [0.29, 0.717) is 22.5 Å². The molecule has 118 valence electrons. The van der Waals surface area contributed by atoms with Crippen molar-refractivity contribution in [3.8, 4) is 0 Å². The van der Waals surface area contributed by atoms with E-state index in [-0.39, 0.29) is 6.04 Å². The number of nitrogens with zero attached hydrogens (tertiary/aromatic N) is 1. The lowest BCUT2D eigenvalue weighted by Gasteiger charge is -2.21. The first-order valence-corrected chi connectivity index (χ1v) is 9.75. The van der Waals surface area contributed by atoms with Crippen LogP contribution in [-0.2, 0) is 16.6 Å². The fourth-order valence-electron chi connectivity index (χ4n) is 2.38. The zero-order chi connectivity index (χ0) is 15.5. The molecule has 6 heteroatoms. The molecule has 0 bridgehead atoms. The van der Waals surface area contributed by atoms with Crippen LogP contribution >= 0.6 is 15.9 Å². The molecule has 1 saturated carbocycles. The second-order valence-electron chi connectivity index (χ2n) is 5.38. The zero-order valence-corrected chi connectivity index (χ0v) is 15.0. The summed E-state index contributed by atoms with van der Waals surface area (Å²) < 4.78 is 27.9. The van der Waals surface area contributed by atoms with Crippen molar-refractivity contribution in [2.45, 2.75) is 50.6 Å². The molecule has 21 heavy (non-hydrogen) atoms. The Morgan fingerprint density at radius 3 is 2.62 bits per heavy atom. The molecule has 2 rings (SSSR count). The quantitative estimate of drug-likeness (QED) is 0.711. The third kappa shape index (κ3) is 4.06. The molecule has 0 heterocycles. The van der Waals surface area contributed by atoms with Gasteiger partial charge in [-0.05, 0) is 59.4 Å². The van der Waals surface area contributed by atoms with Crippen LogP contribution in [0.5, 0.6) is 0 Å². The third-order valence-corrected chi connectivity index (χ3v) is 6.63. The summed E-state index contributed by atoms with van der Waals surface area (Å²) in [4.78, 5) is 0.382. The van der Waals surface area contributed by atoms with Crippen molar-refractivity contribution < 1.29 is 8.42 Å². The van der Waals surface area contributed by atoms with Gasteiger partial charge in [-0.2, -0.15) is 4.31 Å². The Hall–Kier alpha value is -0.430. The van der Waals surface area contributed by atoms with Gasteiger partial charge < -0.3 is 5.32 Å². The summed E-state index contributed by atoms with van der Waals surface area (Å²) in [5.41, 5.74) is 0.997. The van der Waals surface area contributed by atoms with Crippen molar-refractivity contribution in [1.82, 2.24) is 9.62 Å². The predicted molar refractivity (Wildman–Crippen MR) is 88.7 cm³/mol. The summed E-state index contributed by atoms with van der Waals surface area (Å²) in [6, 6.07) is 5.76. The Bertz CT molecular complexity index is 585. The van der Waals surface area contributed by atoms with Gasteiger partial charge in [-0.3, -0.25) is 0 Å². The summed E-state index contributed by atoms with van der Waals surface area (Å²) in [7, 11) is -3.41. The first-order chi connectivity index (χ1) is 10.0. The summed E-state index contributed by atoms with van der Waals surface area (Å²) >= 11 is 3.39. The minimum absolute atomic E-state index is 0.189. The average molecular weight is 375 g/mol. The van der Waals surface area contributed by atoms with Gasteiger partial charge in [-0.15, -0.1) is 0 Å². The van der Waals surface area contributed by atoms with Crippen molar-refractivity contribution in [3.05, 3.63) is 28.2 Å². The molecule has 0 atom stereocenters. The van der Waals surface area contributed by atoms with Crippen LogP contribution in [0.3, 0.4) is 0 Å². The molecule has 0 amide bonds. The largest absolute Gasteiger partial charge is 0.313 e. The number of sulfonamides is 1. The molecular formula is C15H23BrN2O2S. The average Bonchev–Trinajstić information content (AvgIpc) is 3.26. The zero-order valence-electron chi connectivity index (χ0n) is 12.6. The molecule has 0 aromatic heterocycles. The van der Waals surface area contributed by atoms with Crippen LogP contribution in [0.15, 0.2) is 27.6 Å². The lowest BCUT2D eigenvalue weighted by Crippen LogP contribution is -2.33. The molecule has 1 aliphatic rings. The second-order valence-corrected chi connectivity index (χ2v) is 8.09. The fourth-order valence-corrected chi connectivity index (χ4v) is 5.05. The van der Waals surface area contributed by atoms with E-state index in [1.54, 1.807) is 10.4 Å². The van der Waals surface area contributed by atoms with E-state index >= 15 is 0 Å². The summed E-state index contributed by atoms with van der Waals surface area (Å²) in [6.45, 7) is 6.16. The second kappa shape index (κ2) is 7.22. The molecule has 1 fully saturated rings.